The number of aryl methyl sites for hydroxylation is 1. The smallest absolute Gasteiger partial charge is 0.416 e. The van der Waals surface area contributed by atoms with Gasteiger partial charge < -0.3 is 4.74 Å². The van der Waals surface area contributed by atoms with Gasteiger partial charge >= 0.3 is 6.18 Å². The summed E-state index contributed by atoms with van der Waals surface area (Å²) in [6.07, 6.45) is -3.51. The van der Waals surface area contributed by atoms with E-state index in [-0.39, 0.29) is 18.1 Å². The van der Waals surface area contributed by atoms with Gasteiger partial charge in [0, 0.05) is 4.88 Å². The van der Waals surface area contributed by atoms with Crippen LogP contribution < -0.4 is 4.74 Å². The molecule has 0 radical (unpaired) electrons. The second-order valence-electron chi connectivity index (χ2n) is 7.73. The summed E-state index contributed by atoms with van der Waals surface area (Å²) in [4.78, 5) is 14.5. The molecule has 0 aliphatic heterocycles. The highest BCUT2D eigenvalue weighted by Gasteiger charge is 2.63. The van der Waals surface area contributed by atoms with E-state index in [9.17, 15) is 18.0 Å². The quantitative estimate of drug-likeness (QED) is 0.643. The molecule has 1 aromatic heterocycles. The zero-order chi connectivity index (χ0) is 18.9. The Bertz CT molecular complexity index is 895. The molecular weight excluding hydrogens is 361 g/mol. The number of carbonyl (C=O) groups excluding carboxylic acids is 1. The molecule has 4 rings (SSSR count). The molecule has 2 aliphatic carbocycles. The SMILES string of the molecule is Cc1sc(C(=O)COc2cccc(C(F)(F)F)c2)c2c1[C@H]1[C@@H](C2)C1(C)C. The second-order valence-corrected chi connectivity index (χ2v) is 8.95. The Morgan fingerprint density at radius 1 is 1.35 bits per heavy atom. The minimum Gasteiger partial charge on any atom is -0.485 e. The summed E-state index contributed by atoms with van der Waals surface area (Å²) in [5, 5.41) is 0. The summed E-state index contributed by atoms with van der Waals surface area (Å²) in [5.41, 5.74) is 2.00. The third kappa shape index (κ3) is 2.66. The number of ether oxygens (including phenoxy) is 1. The molecule has 0 bridgehead atoms. The normalized spacial score (nSPS) is 22.7. The van der Waals surface area contributed by atoms with Gasteiger partial charge in [0.05, 0.1) is 10.4 Å². The molecule has 0 amide bonds. The lowest BCUT2D eigenvalue weighted by Gasteiger charge is -2.11. The standard InChI is InChI=1S/C20H19F3O2S/c1-10-16-13(8-14-17(16)19(14,2)3)18(26-10)15(24)9-25-12-6-4-5-11(7-12)20(21,22)23/h4-7,14,17H,8-9H2,1-3H3/t14-,17-/m1/s1. The minimum absolute atomic E-state index is 0.0575. The zero-order valence-electron chi connectivity index (χ0n) is 14.7. The van der Waals surface area contributed by atoms with Crippen LogP contribution in [0.2, 0.25) is 0 Å². The van der Waals surface area contributed by atoms with Crippen LogP contribution >= 0.6 is 11.3 Å². The van der Waals surface area contributed by atoms with E-state index in [0.717, 1.165) is 24.1 Å². The number of alkyl halides is 3. The minimum atomic E-state index is -4.43. The lowest BCUT2D eigenvalue weighted by molar-refractivity contribution is -0.137. The first-order valence-electron chi connectivity index (χ1n) is 8.56. The molecule has 6 heteroatoms. The van der Waals surface area contributed by atoms with Crippen molar-refractivity contribution in [1.29, 1.82) is 0 Å². The van der Waals surface area contributed by atoms with Crippen molar-refractivity contribution in [2.24, 2.45) is 11.3 Å². The van der Waals surface area contributed by atoms with Gasteiger partial charge in [-0.1, -0.05) is 19.9 Å². The number of carbonyl (C=O) groups is 1. The number of thiophene rings is 1. The van der Waals surface area contributed by atoms with Gasteiger partial charge in [-0.15, -0.1) is 11.3 Å². The summed E-state index contributed by atoms with van der Waals surface area (Å²) >= 11 is 1.49. The third-order valence-corrected chi connectivity index (χ3v) is 7.01. The molecule has 2 aromatic rings. The second kappa shape index (κ2) is 5.59. The van der Waals surface area contributed by atoms with Crippen molar-refractivity contribution in [3.05, 3.63) is 50.7 Å². The van der Waals surface area contributed by atoms with E-state index >= 15 is 0 Å². The molecule has 0 saturated heterocycles. The van der Waals surface area contributed by atoms with Crippen LogP contribution in [0.5, 0.6) is 5.75 Å². The highest BCUT2D eigenvalue weighted by molar-refractivity contribution is 7.14. The van der Waals surface area contributed by atoms with Gasteiger partial charge in [0.15, 0.2) is 6.61 Å². The zero-order valence-corrected chi connectivity index (χ0v) is 15.6. The van der Waals surface area contributed by atoms with Gasteiger partial charge in [-0.3, -0.25) is 4.79 Å². The summed E-state index contributed by atoms with van der Waals surface area (Å²) in [5.74, 6) is 1.05. The first-order valence-corrected chi connectivity index (χ1v) is 9.37. The molecular formula is C20H19F3O2S. The molecule has 2 atom stereocenters. The van der Waals surface area contributed by atoms with Crippen LogP contribution in [0.1, 0.15) is 51.0 Å². The lowest BCUT2D eigenvalue weighted by atomic mass is 9.95. The topological polar surface area (TPSA) is 26.3 Å². The number of ketones is 1. The van der Waals surface area contributed by atoms with Gasteiger partial charge in [0.1, 0.15) is 5.75 Å². The molecule has 0 unspecified atom stereocenters. The largest absolute Gasteiger partial charge is 0.485 e. The van der Waals surface area contributed by atoms with Crippen LogP contribution in [-0.4, -0.2) is 12.4 Å². The molecule has 2 nitrogen and oxygen atoms in total. The molecule has 26 heavy (non-hydrogen) atoms. The number of fused-ring (bicyclic) bond motifs is 3. The Morgan fingerprint density at radius 3 is 2.77 bits per heavy atom. The average Bonchev–Trinajstić information content (AvgIpc) is 2.92. The summed E-state index contributed by atoms with van der Waals surface area (Å²) < 4.78 is 43.7. The van der Waals surface area contributed by atoms with Crippen LogP contribution in [0.15, 0.2) is 24.3 Å². The van der Waals surface area contributed by atoms with E-state index in [0.29, 0.717) is 22.1 Å². The molecule has 1 heterocycles. The fourth-order valence-corrected chi connectivity index (χ4v) is 5.49. The van der Waals surface area contributed by atoms with E-state index in [4.69, 9.17) is 4.74 Å². The Kier molecular flexibility index (Phi) is 3.78. The van der Waals surface area contributed by atoms with E-state index < -0.39 is 11.7 Å². The average molecular weight is 380 g/mol. The van der Waals surface area contributed by atoms with Crippen molar-refractivity contribution in [2.45, 2.75) is 39.3 Å². The third-order valence-electron chi connectivity index (χ3n) is 5.80. The van der Waals surface area contributed by atoms with Crippen molar-refractivity contribution >= 4 is 17.1 Å². The number of rotatable bonds is 4. The number of hydrogen-bond donors (Lipinski definition) is 0. The van der Waals surface area contributed by atoms with E-state index in [2.05, 4.69) is 13.8 Å². The van der Waals surface area contributed by atoms with Crippen LogP contribution in [0, 0.1) is 18.3 Å². The van der Waals surface area contributed by atoms with Gasteiger partial charge in [-0.2, -0.15) is 13.2 Å². The molecule has 138 valence electrons. The van der Waals surface area contributed by atoms with Crippen LogP contribution in [-0.2, 0) is 12.6 Å². The molecule has 1 fully saturated rings. The van der Waals surface area contributed by atoms with Gasteiger partial charge in [-0.05, 0) is 59.9 Å². The monoisotopic (exact) mass is 380 g/mol. The number of hydrogen-bond acceptors (Lipinski definition) is 3. The summed E-state index contributed by atoms with van der Waals surface area (Å²) in [7, 11) is 0. The van der Waals surface area contributed by atoms with Gasteiger partial charge in [0.25, 0.3) is 0 Å². The van der Waals surface area contributed by atoms with Crippen molar-refractivity contribution in [1.82, 2.24) is 0 Å². The molecule has 0 N–H and O–H groups in total. The van der Waals surface area contributed by atoms with E-state index in [1.165, 1.54) is 33.9 Å². The summed E-state index contributed by atoms with van der Waals surface area (Å²) in [6.45, 7) is 6.33. The van der Waals surface area contributed by atoms with Gasteiger partial charge in [-0.25, -0.2) is 0 Å². The Labute approximate surface area is 154 Å². The fraction of sp³-hybridized carbons (Fsp3) is 0.450. The van der Waals surface area contributed by atoms with Crippen molar-refractivity contribution in [2.75, 3.05) is 6.61 Å². The highest BCUT2D eigenvalue weighted by Crippen LogP contribution is 2.71. The van der Waals surface area contributed by atoms with E-state index in [1.807, 2.05) is 6.92 Å². The number of benzene rings is 1. The maximum absolute atomic E-state index is 12.8. The fourth-order valence-electron chi connectivity index (χ4n) is 4.33. The summed E-state index contributed by atoms with van der Waals surface area (Å²) in [6, 6.07) is 4.63. The first-order chi connectivity index (χ1) is 12.1. The van der Waals surface area contributed by atoms with Crippen molar-refractivity contribution < 1.29 is 22.7 Å². The van der Waals surface area contributed by atoms with Crippen LogP contribution in [0.25, 0.3) is 0 Å². The van der Waals surface area contributed by atoms with Crippen LogP contribution in [0.3, 0.4) is 0 Å². The molecule has 1 saturated carbocycles. The maximum atomic E-state index is 12.8. The molecule has 1 aromatic carbocycles. The van der Waals surface area contributed by atoms with Crippen molar-refractivity contribution in [3.8, 4) is 5.75 Å². The Hall–Kier alpha value is -1.82. The number of Topliss-reactive ketones (excluding diaryl/α,β-unsaturated/α-hetero) is 1. The van der Waals surface area contributed by atoms with Gasteiger partial charge in [0.2, 0.25) is 5.78 Å². The van der Waals surface area contributed by atoms with E-state index in [1.54, 1.807) is 0 Å². The first kappa shape index (κ1) is 17.6. The maximum Gasteiger partial charge on any atom is 0.416 e. The van der Waals surface area contributed by atoms with Crippen molar-refractivity contribution in [3.63, 3.8) is 0 Å². The Balaban J connectivity index is 1.50. The molecule has 2 aliphatic rings. The molecule has 0 spiro atoms. The number of halogens is 3. The predicted molar refractivity (Wildman–Crippen MR) is 94.0 cm³/mol. The highest BCUT2D eigenvalue weighted by atomic mass is 32.1. The Morgan fingerprint density at radius 2 is 2.08 bits per heavy atom. The van der Waals surface area contributed by atoms with Crippen LogP contribution in [0.4, 0.5) is 13.2 Å². The predicted octanol–water partition coefficient (Wildman–Crippen LogP) is 5.63. The lowest BCUT2D eigenvalue weighted by Crippen LogP contribution is -2.13.